The smallest absolute Gasteiger partial charge is 0.348 e. The van der Waals surface area contributed by atoms with Crippen molar-refractivity contribution in [3.05, 3.63) is 82.1 Å². The highest BCUT2D eigenvalue weighted by molar-refractivity contribution is 7.20. The molecule has 0 radical (unpaired) electrons. The monoisotopic (exact) mass is 402 g/mol. The van der Waals surface area contributed by atoms with Gasteiger partial charge in [-0.1, -0.05) is 12.1 Å². The zero-order valence-corrected chi connectivity index (χ0v) is 15.4. The molecule has 2 aromatic heterocycles. The molecule has 0 bridgehead atoms. The van der Waals surface area contributed by atoms with Crippen molar-refractivity contribution in [1.29, 1.82) is 0 Å². The predicted octanol–water partition coefficient (Wildman–Crippen LogP) is 5.17. The Morgan fingerprint density at radius 3 is 2.68 bits per heavy atom. The molecule has 8 heteroatoms. The Morgan fingerprint density at radius 2 is 1.93 bits per heavy atom. The van der Waals surface area contributed by atoms with E-state index < -0.39 is 17.6 Å². The lowest BCUT2D eigenvalue weighted by molar-refractivity contribution is 0.0478. The summed E-state index contributed by atoms with van der Waals surface area (Å²) < 4.78 is 46.6. The topological polar surface area (TPSA) is 44.1 Å². The van der Waals surface area contributed by atoms with E-state index in [1.54, 1.807) is 29.8 Å². The van der Waals surface area contributed by atoms with Gasteiger partial charge in [0, 0.05) is 5.39 Å². The van der Waals surface area contributed by atoms with E-state index in [1.165, 1.54) is 18.2 Å². The lowest BCUT2D eigenvalue weighted by atomic mass is 10.2. The zero-order chi connectivity index (χ0) is 19.8. The minimum absolute atomic E-state index is 0.181. The van der Waals surface area contributed by atoms with Gasteiger partial charge in [0.2, 0.25) is 0 Å². The number of ether oxygens (including phenoxy) is 1. The van der Waals surface area contributed by atoms with Gasteiger partial charge in [-0.25, -0.2) is 22.6 Å². The Morgan fingerprint density at radius 1 is 1.11 bits per heavy atom. The number of fused-ring (bicyclic) bond motifs is 1. The quantitative estimate of drug-likeness (QED) is 0.443. The van der Waals surface area contributed by atoms with Gasteiger partial charge in [-0.2, -0.15) is 5.10 Å². The highest BCUT2D eigenvalue weighted by Crippen LogP contribution is 2.31. The molecule has 142 valence electrons. The molecule has 0 N–H and O–H groups in total. The van der Waals surface area contributed by atoms with E-state index in [1.807, 2.05) is 0 Å². The summed E-state index contributed by atoms with van der Waals surface area (Å²) in [6.45, 7) is 1.61. The van der Waals surface area contributed by atoms with Crippen molar-refractivity contribution in [2.75, 3.05) is 0 Å². The molecule has 28 heavy (non-hydrogen) atoms. The molecule has 4 rings (SSSR count). The van der Waals surface area contributed by atoms with Gasteiger partial charge in [-0.05, 0) is 48.9 Å². The van der Waals surface area contributed by atoms with Crippen molar-refractivity contribution >= 4 is 27.5 Å². The highest BCUT2D eigenvalue weighted by atomic mass is 32.1. The predicted molar refractivity (Wildman–Crippen MR) is 99.1 cm³/mol. The maximum atomic E-state index is 13.5. The van der Waals surface area contributed by atoms with E-state index in [4.69, 9.17) is 4.74 Å². The Hall–Kier alpha value is -3.13. The second kappa shape index (κ2) is 7.12. The summed E-state index contributed by atoms with van der Waals surface area (Å²) in [5.74, 6) is -2.93. The lowest BCUT2D eigenvalue weighted by Gasteiger charge is -2.04. The first-order valence-corrected chi connectivity index (χ1v) is 9.10. The molecule has 4 nitrogen and oxygen atoms in total. The van der Waals surface area contributed by atoms with Crippen LogP contribution in [0.5, 0.6) is 0 Å². The second-order valence-corrected chi connectivity index (χ2v) is 7.16. The van der Waals surface area contributed by atoms with Crippen LogP contribution in [-0.2, 0) is 11.3 Å². The molecule has 2 aromatic carbocycles. The number of aromatic nitrogens is 2. The summed E-state index contributed by atoms with van der Waals surface area (Å²) in [4.78, 5) is 13.4. The second-order valence-electron chi connectivity index (χ2n) is 6.13. The summed E-state index contributed by atoms with van der Waals surface area (Å²) in [7, 11) is 0. The normalized spacial score (nSPS) is 11.1. The van der Waals surface area contributed by atoms with Crippen LogP contribution < -0.4 is 0 Å². The third-order valence-corrected chi connectivity index (χ3v) is 5.24. The number of halogens is 3. The fourth-order valence-electron chi connectivity index (χ4n) is 2.78. The van der Waals surface area contributed by atoms with Gasteiger partial charge in [-0.3, -0.25) is 0 Å². The summed E-state index contributed by atoms with van der Waals surface area (Å²) >= 11 is 1.16. The number of hydrogen-bond acceptors (Lipinski definition) is 4. The van der Waals surface area contributed by atoms with Crippen molar-refractivity contribution in [2.45, 2.75) is 13.5 Å². The van der Waals surface area contributed by atoms with E-state index in [9.17, 15) is 18.0 Å². The molecule has 4 aromatic rings. The minimum atomic E-state index is -0.999. The third-order valence-electron chi connectivity index (χ3n) is 4.15. The molecule has 0 spiro atoms. The maximum Gasteiger partial charge on any atom is 0.348 e. The van der Waals surface area contributed by atoms with Gasteiger partial charge >= 0.3 is 5.97 Å². The molecule has 0 fully saturated rings. The molecule has 0 atom stereocenters. The fourth-order valence-corrected chi connectivity index (χ4v) is 3.86. The van der Waals surface area contributed by atoms with Crippen LogP contribution >= 0.6 is 11.3 Å². The van der Waals surface area contributed by atoms with E-state index in [-0.39, 0.29) is 12.4 Å². The van der Waals surface area contributed by atoms with E-state index in [0.717, 1.165) is 28.9 Å². The van der Waals surface area contributed by atoms with Crippen molar-refractivity contribution in [3.63, 3.8) is 0 Å². The van der Waals surface area contributed by atoms with Crippen molar-refractivity contribution in [1.82, 2.24) is 9.78 Å². The molecule has 0 amide bonds. The number of benzene rings is 2. The molecule has 0 aliphatic heterocycles. The van der Waals surface area contributed by atoms with E-state index in [0.29, 0.717) is 26.7 Å². The van der Waals surface area contributed by atoms with Crippen molar-refractivity contribution < 1.29 is 22.7 Å². The number of nitrogens with zero attached hydrogens (tertiary/aromatic N) is 2. The van der Waals surface area contributed by atoms with Crippen LogP contribution in [0, 0.1) is 24.4 Å². The van der Waals surface area contributed by atoms with Crippen LogP contribution in [0.25, 0.3) is 15.9 Å². The Bertz CT molecular complexity index is 1200. The highest BCUT2D eigenvalue weighted by Gasteiger charge is 2.18. The Kier molecular flexibility index (Phi) is 4.64. The number of rotatable bonds is 4. The number of carbonyl (C=O) groups excluding carboxylic acids is 1. The van der Waals surface area contributed by atoms with Crippen LogP contribution in [0.2, 0.25) is 0 Å². The molecule has 0 unspecified atom stereocenters. The first-order valence-electron chi connectivity index (χ1n) is 8.28. The van der Waals surface area contributed by atoms with Crippen LogP contribution in [0.4, 0.5) is 13.2 Å². The first-order chi connectivity index (χ1) is 13.4. The van der Waals surface area contributed by atoms with Gasteiger partial charge in [0.1, 0.15) is 22.1 Å². The molecule has 0 aliphatic carbocycles. The SMILES string of the molecule is Cc1nn(-c2cccc(F)c2)c2sc(C(=O)OCc3ccc(F)c(F)c3)cc12. The minimum Gasteiger partial charge on any atom is -0.457 e. The van der Waals surface area contributed by atoms with Crippen molar-refractivity contribution in [2.24, 2.45) is 0 Å². The lowest BCUT2D eigenvalue weighted by Crippen LogP contribution is -2.04. The average molecular weight is 402 g/mol. The van der Waals surface area contributed by atoms with Gasteiger partial charge in [0.25, 0.3) is 0 Å². The number of hydrogen-bond donors (Lipinski definition) is 0. The van der Waals surface area contributed by atoms with Crippen LogP contribution in [0.3, 0.4) is 0 Å². The summed E-state index contributed by atoms with van der Waals surface area (Å²) in [5.41, 5.74) is 1.58. The van der Waals surface area contributed by atoms with Gasteiger partial charge in [-0.15, -0.1) is 11.3 Å². The molecule has 2 heterocycles. The zero-order valence-electron chi connectivity index (χ0n) is 14.6. The van der Waals surface area contributed by atoms with Crippen molar-refractivity contribution in [3.8, 4) is 5.69 Å². The molecular formula is C20H13F3N2O2S. The number of thiophene rings is 1. The molecule has 0 saturated heterocycles. The number of carbonyl (C=O) groups is 1. The summed E-state index contributed by atoms with van der Waals surface area (Å²) in [6, 6.07) is 11.0. The maximum absolute atomic E-state index is 13.5. The fraction of sp³-hybridized carbons (Fsp3) is 0.100. The van der Waals surface area contributed by atoms with Crippen LogP contribution in [-0.4, -0.2) is 15.7 Å². The average Bonchev–Trinajstić information content (AvgIpc) is 3.23. The van der Waals surface area contributed by atoms with Crippen LogP contribution in [0.15, 0.2) is 48.5 Å². The van der Waals surface area contributed by atoms with Crippen LogP contribution in [0.1, 0.15) is 20.9 Å². The largest absolute Gasteiger partial charge is 0.457 e. The van der Waals surface area contributed by atoms with E-state index in [2.05, 4.69) is 5.10 Å². The van der Waals surface area contributed by atoms with Gasteiger partial charge in [0.15, 0.2) is 11.6 Å². The standard InChI is InChI=1S/C20H13F3N2O2S/c1-11-15-9-18(20(26)27-10-12-5-6-16(22)17(23)7-12)28-19(15)25(24-11)14-4-2-3-13(21)8-14/h2-9H,10H2,1H3. The van der Waals surface area contributed by atoms with Gasteiger partial charge < -0.3 is 4.74 Å². The number of aryl methyl sites for hydroxylation is 1. The summed E-state index contributed by atoms with van der Waals surface area (Å²) in [6.07, 6.45) is 0. The van der Waals surface area contributed by atoms with Gasteiger partial charge in [0.05, 0.1) is 11.4 Å². The third kappa shape index (κ3) is 3.38. The molecular weight excluding hydrogens is 389 g/mol. The molecule has 0 saturated carbocycles. The first kappa shape index (κ1) is 18.2. The summed E-state index contributed by atoms with van der Waals surface area (Å²) in [5, 5.41) is 5.16. The Labute approximate surface area is 161 Å². The number of esters is 1. The Balaban J connectivity index is 1.60. The van der Waals surface area contributed by atoms with E-state index >= 15 is 0 Å². The molecule has 0 aliphatic rings.